The number of rotatable bonds is 0. The molecule has 0 spiro atoms. The highest BCUT2D eigenvalue weighted by Gasteiger charge is 2.42. The molecule has 3 fully saturated rings. The first-order valence-electron chi connectivity index (χ1n) is 40.3. The van der Waals surface area contributed by atoms with Crippen LogP contribution in [0.2, 0.25) is 0 Å². The van der Waals surface area contributed by atoms with Gasteiger partial charge in [-0.2, -0.15) is 0 Å². The first-order valence-corrected chi connectivity index (χ1v) is 41.2. The zero-order valence-electron chi connectivity index (χ0n) is 78.4. The Balaban J connectivity index is 0.000000600. The standard InChI is InChI=1S/C12H23NO.2C12H25N.C12H21N.C12H20O.C11H21NO.C11H19NO.C11H19NS/c1-11(2,3)9-7-10(14)13(8-9)12(4,5)6;3*1-11(2,3)10-7-8-13(9-10)12(4,5)6;1-11(2,3)9-7-10(13-8-9)12(4,5)6;3*1-10(2,3)8-7-13-9(12-8)11(4,5)6/h9H,7-8H2,1-6H3;2*10H,7-9H2,1-6H3;7-9H,1-6H3;7-8H,1-6H3;8H,7H2,1-6H3;2*7H,1-6H3. The molecule has 4 atom stereocenters. The third-order valence-electron chi connectivity index (χ3n) is 20.5. The lowest BCUT2D eigenvalue weighted by Gasteiger charge is -2.34. The summed E-state index contributed by atoms with van der Waals surface area (Å²) in [7, 11) is 0. The molecular formula is C93H173N7O4S. The Kier molecular flexibility index (Phi) is 33.8. The minimum atomic E-state index is -0.0168. The van der Waals surface area contributed by atoms with Gasteiger partial charge >= 0.3 is 0 Å². The SMILES string of the molecule is CC(C)(C)C1=NC(C(C)(C)C)CO1.CC(C)(C)C1CC(=O)N(C(C)(C)C)C1.CC(C)(C)C1CCN(C(C)(C)C)C1.CC(C)(C)C1CCN(C(C)(C)C)C1.CC(C)(C)c1ccn(C(C)(C)C)c1.CC(C)(C)c1coc(C(C)(C)C)c1.CC(C)(C)c1coc(C(C)(C)C)n1.CC(C)(C)c1csc(C(C)(C)C)n1. The van der Waals surface area contributed by atoms with Gasteiger partial charge in [0.1, 0.15) is 18.6 Å². The van der Waals surface area contributed by atoms with Crippen molar-refractivity contribution in [3.05, 3.63) is 81.6 Å². The molecule has 8 rings (SSSR count). The molecule has 0 N–H and O–H groups in total. The molecule has 0 aliphatic carbocycles. The fourth-order valence-corrected chi connectivity index (χ4v) is 12.8. The third kappa shape index (κ3) is 34.6. The minimum absolute atomic E-state index is 0.00347. The lowest BCUT2D eigenvalue weighted by molar-refractivity contribution is -0.131. The van der Waals surface area contributed by atoms with Gasteiger partial charge in [0.25, 0.3) is 0 Å². The molecule has 1 amide bonds. The molecule has 12 heteroatoms. The Morgan fingerprint density at radius 1 is 0.419 bits per heavy atom. The number of hydrogen-bond acceptors (Lipinski definition) is 10. The Morgan fingerprint density at radius 3 is 1.06 bits per heavy atom. The van der Waals surface area contributed by atoms with Crippen molar-refractivity contribution in [2.45, 2.75) is 418 Å². The van der Waals surface area contributed by atoms with Gasteiger partial charge in [-0.25, -0.2) is 15.0 Å². The third-order valence-corrected chi connectivity index (χ3v) is 21.8. The monoisotopic (exact) mass is 1480 g/mol. The van der Waals surface area contributed by atoms with Crippen molar-refractivity contribution in [1.29, 1.82) is 0 Å². The minimum Gasteiger partial charge on any atom is -0.478 e. The summed E-state index contributed by atoms with van der Waals surface area (Å²) in [6, 6.07) is 4.70. The van der Waals surface area contributed by atoms with Gasteiger partial charge in [0.2, 0.25) is 5.91 Å². The molecule has 8 heterocycles. The van der Waals surface area contributed by atoms with Gasteiger partial charge < -0.3 is 23.0 Å². The molecule has 0 aromatic carbocycles. The Morgan fingerprint density at radius 2 is 0.857 bits per heavy atom. The number of hydrogen-bond donors (Lipinski definition) is 0. The fourth-order valence-electron chi connectivity index (χ4n) is 11.6. The molecule has 105 heavy (non-hydrogen) atoms. The van der Waals surface area contributed by atoms with Crippen molar-refractivity contribution in [2.24, 2.45) is 49.8 Å². The summed E-state index contributed by atoms with van der Waals surface area (Å²) in [5.41, 5.74) is 8.32. The van der Waals surface area contributed by atoms with E-state index < -0.39 is 0 Å². The van der Waals surface area contributed by atoms with Gasteiger partial charge in [-0.15, -0.1) is 11.3 Å². The first kappa shape index (κ1) is 99.3. The van der Waals surface area contributed by atoms with E-state index in [1.165, 1.54) is 60.8 Å². The van der Waals surface area contributed by atoms with Crippen LogP contribution in [0, 0.1) is 44.8 Å². The number of carbonyl (C=O) groups is 1. The average Bonchev–Trinajstić information content (AvgIpc) is 1.70. The quantitative estimate of drug-likeness (QED) is 0.171. The number of nitrogens with zero attached hydrogens (tertiary/aromatic N) is 7. The van der Waals surface area contributed by atoms with Crippen LogP contribution in [0.4, 0.5) is 0 Å². The van der Waals surface area contributed by atoms with Gasteiger partial charge in [0.05, 0.1) is 28.7 Å². The van der Waals surface area contributed by atoms with Crippen LogP contribution in [0.3, 0.4) is 0 Å². The predicted octanol–water partition coefficient (Wildman–Crippen LogP) is 26.3. The van der Waals surface area contributed by atoms with E-state index in [0.29, 0.717) is 39.8 Å². The molecule has 4 aliphatic heterocycles. The maximum atomic E-state index is 11.8. The number of thiazole rings is 1. The van der Waals surface area contributed by atoms with Gasteiger partial charge in [-0.1, -0.05) is 249 Å². The molecule has 610 valence electrons. The second-order valence-electron chi connectivity index (χ2n) is 47.8. The number of aliphatic imine (C=N–C) groups is 1. The van der Waals surface area contributed by atoms with E-state index >= 15 is 0 Å². The summed E-state index contributed by atoms with van der Waals surface area (Å²) in [6.07, 6.45) is 11.5. The Labute approximate surface area is 655 Å². The molecule has 3 saturated heterocycles. The van der Waals surface area contributed by atoms with E-state index in [1.807, 2.05) is 11.2 Å². The highest BCUT2D eigenvalue weighted by atomic mass is 32.1. The number of amides is 1. The van der Waals surface area contributed by atoms with Crippen molar-refractivity contribution in [2.75, 3.05) is 39.3 Å². The van der Waals surface area contributed by atoms with Crippen molar-refractivity contribution in [3.8, 4) is 0 Å². The highest BCUT2D eigenvalue weighted by Crippen LogP contribution is 2.41. The Bertz CT molecular complexity index is 2780. The number of carbonyl (C=O) groups excluding carboxylic acids is 1. The maximum absolute atomic E-state index is 11.8. The van der Waals surface area contributed by atoms with Crippen LogP contribution in [0.15, 0.2) is 56.3 Å². The van der Waals surface area contributed by atoms with Crippen LogP contribution >= 0.6 is 11.3 Å². The molecule has 0 saturated carbocycles. The van der Waals surface area contributed by atoms with Crippen molar-refractivity contribution in [1.82, 2.24) is 29.2 Å². The molecule has 11 nitrogen and oxygen atoms in total. The van der Waals surface area contributed by atoms with Crippen LogP contribution in [0.25, 0.3) is 0 Å². The van der Waals surface area contributed by atoms with Gasteiger partial charge in [-0.05, 0) is 183 Å². The highest BCUT2D eigenvalue weighted by molar-refractivity contribution is 7.09. The summed E-state index contributed by atoms with van der Waals surface area (Å²) in [5, 5.41) is 3.41. The second-order valence-corrected chi connectivity index (χ2v) is 48.6. The molecule has 0 radical (unpaired) electrons. The van der Waals surface area contributed by atoms with Crippen LogP contribution in [0.1, 0.15) is 391 Å². The van der Waals surface area contributed by atoms with Crippen LogP contribution in [-0.2, 0) is 53.0 Å². The fraction of sp³-hybridized carbons (Fsp3) is 0.828. The number of oxazole rings is 1. The molecule has 4 aliphatic rings. The van der Waals surface area contributed by atoms with Crippen LogP contribution < -0.4 is 0 Å². The van der Waals surface area contributed by atoms with E-state index in [2.05, 4.69) is 392 Å². The van der Waals surface area contributed by atoms with Crippen molar-refractivity contribution >= 4 is 23.1 Å². The second kappa shape index (κ2) is 35.7. The van der Waals surface area contributed by atoms with E-state index in [1.54, 1.807) is 17.6 Å². The van der Waals surface area contributed by atoms with E-state index in [0.717, 1.165) is 54.7 Å². The number of furan rings is 1. The lowest BCUT2D eigenvalue weighted by atomic mass is 9.80. The first-order chi connectivity index (χ1) is 46.1. The normalized spacial score (nSPS) is 19.5. The maximum Gasteiger partial charge on any atom is 0.223 e. The van der Waals surface area contributed by atoms with Crippen LogP contribution in [-0.4, -0.2) is 103 Å². The largest absolute Gasteiger partial charge is 0.478 e. The van der Waals surface area contributed by atoms with Crippen molar-refractivity contribution < 1.29 is 18.4 Å². The Hall–Kier alpha value is -3.74. The molecular weight excluding hydrogens is 1310 g/mol. The van der Waals surface area contributed by atoms with E-state index in [-0.39, 0.29) is 65.2 Å². The molecule has 4 unspecified atom stereocenters. The number of ether oxygens (including phenoxy) is 1. The zero-order chi connectivity index (χ0) is 83.1. The topological polar surface area (TPSA) is 105 Å². The van der Waals surface area contributed by atoms with Crippen LogP contribution in [0.5, 0.6) is 0 Å². The summed E-state index contributed by atoms with van der Waals surface area (Å²) in [5.74, 6) is 5.38. The van der Waals surface area contributed by atoms with E-state index in [9.17, 15) is 4.79 Å². The van der Waals surface area contributed by atoms with Gasteiger partial charge in [-0.3, -0.25) is 14.6 Å². The smallest absolute Gasteiger partial charge is 0.223 e. The molecule has 0 bridgehead atoms. The average molecular weight is 1490 g/mol. The predicted molar refractivity (Wildman–Crippen MR) is 461 cm³/mol. The number of likely N-dealkylation sites (tertiary alicyclic amines) is 3. The van der Waals surface area contributed by atoms with Gasteiger partial charge in [0.15, 0.2) is 11.8 Å². The molecule has 4 aromatic rings. The summed E-state index contributed by atoms with van der Waals surface area (Å²) >= 11 is 1.77. The molecule has 4 aromatic heterocycles. The number of aromatic nitrogens is 3. The summed E-state index contributed by atoms with van der Waals surface area (Å²) < 4.78 is 18.9. The van der Waals surface area contributed by atoms with Gasteiger partial charge in [0, 0.05) is 98.5 Å². The lowest BCUT2D eigenvalue weighted by Crippen LogP contribution is -2.42. The zero-order valence-corrected chi connectivity index (χ0v) is 79.2. The van der Waals surface area contributed by atoms with E-state index in [4.69, 9.17) is 13.6 Å². The summed E-state index contributed by atoms with van der Waals surface area (Å²) in [6.45, 7) is 113. The van der Waals surface area contributed by atoms with Crippen molar-refractivity contribution in [3.63, 3.8) is 0 Å². The summed E-state index contributed by atoms with van der Waals surface area (Å²) in [4.78, 5) is 32.8.